The average Bonchev–Trinajstić information content (AvgIpc) is 2.18. The van der Waals surface area contributed by atoms with Gasteiger partial charge in [0.05, 0.1) is 0 Å². The third kappa shape index (κ3) is 4.71. The van der Waals surface area contributed by atoms with Crippen molar-refractivity contribution in [2.24, 2.45) is 0 Å². The summed E-state index contributed by atoms with van der Waals surface area (Å²) < 4.78 is 0. The quantitative estimate of drug-likeness (QED) is 0.732. The Morgan fingerprint density at radius 3 is 2.93 bits per heavy atom. The van der Waals surface area contributed by atoms with Crippen LogP contribution in [0, 0.1) is 0 Å². The summed E-state index contributed by atoms with van der Waals surface area (Å²) >= 11 is 1.92. The fourth-order valence-electron chi connectivity index (χ4n) is 1.61. The SMILES string of the molecule is C=C(C)CN(C)C(=O)CC1CSCCN1. The standard InChI is InChI=1S/C11H20N2OS/c1-9(2)7-13(3)11(14)6-10-8-15-5-4-12-10/h10,12H,1,4-8H2,2-3H3. The molecule has 0 aliphatic carbocycles. The predicted octanol–water partition coefficient (Wildman–Crippen LogP) is 1.12. The summed E-state index contributed by atoms with van der Waals surface area (Å²) in [4.78, 5) is 13.5. The molecule has 1 atom stereocenters. The zero-order valence-electron chi connectivity index (χ0n) is 9.58. The number of hydrogen-bond donors (Lipinski definition) is 1. The van der Waals surface area contributed by atoms with Crippen LogP contribution in [0.1, 0.15) is 13.3 Å². The molecule has 1 saturated heterocycles. The highest BCUT2D eigenvalue weighted by atomic mass is 32.2. The first-order valence-electron chi connectivity index (χ1n) is 5.29. The van der Waals surface area contributed by atoms with Crippen molar-refractivity contribution >= 4 is 17.7 Å². The molecule has 1 N–H and O–H groups in total. The van der Waals surface area contributed by atoms with Gasteiger partial charge in [0.2, 0.25) is 5.91 Å². The topological polar surface area (TPSA) is 32.3 Å². The molecular weight excluding hydrogens is 208 g/mol. The maximum absolute atomic E-state index is 11.8. The van der Waals surface area contributed by atoms with Crippen molar-refractivity contribution in [3.8, 4) is 0 Å². The van der Waals surface area contributed by atoms with E-state index in [1.165, 1.54) is 0 Å². The second-order valence-electron chi connectivity index (χ2n) is 4.14. The molecule has 1 aliphatic rings. The van der Waals surface area contributed by atoms with Gasteiger partial charge in [0.1, 0.15) is 0 Å². The average molecular weight is 228 g/mol. The van der Waals surface area contributed by atoms with Gasteiger partial charge in [-0.05, 0) is 6.92 Å². The molecule has 15 heavy (non-hydrogen) atoms. The first kappa shape index (κ1) is 12.6. The van der Waals surface area contributed by atoms with E-state index < -0.39 is 0 Å². The van der Waals surface area contributed by atoms with Crippen LogP contribution >= 0.6 is 11.8 Å². The minimum absolute atomic E-state index is 0.206. The first-order chi connectivity index (χ1) is 7.09. The Morgan fingerprint density at radius 1 is 1.67 bits per heavy atom. The van der Waals surface area contributed by atoms with Crippen molar-refractivity contribution in [2.75, 3.05) is 31.6 Å². The van der Waals surface area contributed by atoms with E-state index in [4.69, 9.17) is 0 Å². The number of likely N-dealkylation sites (N-methyl/N-ethyl adjacent to an activating group) is 1. The molecule has 0 bridgehead atoms. The van der Waals surface area contributed by atoms with Gasteiger partial charge < -0.3 is 10.2 Å². The Balaban J connectivity index is 2.30. The Morgan fingerprint density at radius 2 is 2.40 bits per heavy atom. The zero-order chi connectivity index (χ0) is 11.3. The highest BCUT2D eigenvalue weighted by Crippen LogP contribution is 2.11. The normalized spacial score (nSPS) is 21.1. The molecule has 0 aromatic carbocycles. The number of rotatable bonds is 4. The number of nitrogens with zero attached hydrogens (tertiary/aromatic N) is 1. The number of nitrogens with one attached hydrogen (secondary N) is 1. The molecule has 1 amide bonds. The summed E-state index contributed by atoms with van der Waals surface area (Å²) in [6, 6.07) is 0.351. The molecule has 4 heteroatoms. The molecule has 0 aromatic heterocycles. The monoisotopic (exact) mass is 228 g/mol. The maximum Gasteiger partial charge on any atom is 0.224 e. The third-order valence-electron chi connectivity index (χ3n) is 2.35. The molecule has 0 radical (unpaired) electrons. The van der Waals surface area contributed by atoms with E-state index >= 15 is 0 Å². The molecule has 0 aromatic rings. The summed E-state index contributed by atoms with van der Waals surface area (Å²) in [6.07, 6.45) is 0.608. The highest BCUT2D eigenvalue weighted by molar-refractivity contribution is 7.99. The van der Waals surface area contributed by atoms with Crippen LogP contribution < -0.4 is 5.32 Å². The second kappa shape index (κ2) is 6.18. The van der Waals surface area contributed by atoms with Crippen LogP contribution in [-0.2, 0) is 4.79 Å². The van der Waals surface area contributed by atoms with Gasteiger partial charge in [-0.25, -0.2) is 0 Å². The van der Waals surface area contributed by atoms with Gasteiger partial charge in [0, 0.05) is 44.1 Å². The van der Waals surface area contributed by atoms with Crippen molar-refractivity contribution < 1.29 is 4.79 Å². The lowest BCUT2D eigenvalue weighted by Gasteiger charge is -2.25. The van der Waals surface area contributed by atoms with Gasteiger partial charge in [-0.2, -0.15) is 11.8 Å². The Labute approximate surface area is 96.3 Å². The molecule has 1 heterocycles. The molecule has 1 aliphatic heterocycles. The van der Waals surface area contributed by atoms with E-state index in [0.717, 1.165) is 23.6 Å². The van der Waals surface area contributed by atoms with E-state index in [2.05, 4.69) is 11.9 Å². The van der Waals surface area contributed by atoms with Gasteiger partial charge >= 0.3 is 0 Å². The fraction of sp³-hybridized carbons (Fsp3) is 0.727. The summed E-state index contributed by atoms with van der Waals surface area (Å²) in [5.74, 6) is 2.41. The van der Waals surface area contributed by atoms with Gasteiger partial charge in [0.25, 0.3) is 0 Å². The number of thioether (sulfide) groups is 1. The largest absolute Gasteiger partial charge is 0.342 e. The second-order valence-corrected chi connectivity index (χ2v) is 5.29. The van der Waals surface area contributed by atoms with Gasteiger partial charge in [-0.3, -0.25) is 4.79 Å². The minimum atomic E-state index is 0.206. The van der Waals surface area contributed by atoms with E-state index in [0.29, 0.717) is 19.0 Å². The summed E-state index contributed by atoms with van der Waals surface area (Å²) in [7, 11) is 1.84. The lowest BCUT2D eigenvalue weighted by atomic mass is 10.2. The van der Waals surface area contributed by atoms with E-state index in [-0.39, 0.29) is 5.91 Å². The summed E-state index contributed by atoms with van der Waals surface area (Å²) in [5.41, 5.74) is 1.02. The first-order valence-corrected chi connectivity index (χ1v) is 6.44. The molecule has 1 rings (SSSR count). The molecule has 1 fully saturated rings. The van der Waals surface area contributed by atoms with E-state index in [1.54, 1.807) is 4.90 Å². The number of hydrogen-bond acceptors (Lipinski definition) is 3. The third-order valence-corrected chi connectivity index (χ3v) is 3.48. The van der Waals surface area contributed by atoms with E-state index in [9.17, 15) is 4.79 Å². The van der Waals surface area contributed by atoms with Crippen LogP contribution in [0.15, 0.2) is 12.2 Å². The van der Waals surface area contributed by atoms with Crippen molar-refractivity contribution in [1.29, 1.82) is 0 Å². The number of amides is 1. The lowest BCUT2D eigenvalue weighted by Crippen LogP contribution is -2.42. The van der Waals surface area contributed by atoms with Gasteiger partial charge in [0.15, 0.2) is 0 Å². The molecule has 3 nitrogen and oxygen atoms in total. The van der Waals surface area contributed by atoms with Crippen molar-refractivity contribution in [1.82, 2.24) is 10.2 Å². The van der Waals surface area contributed by atoms with Crippen molar-refractivity contribution in [2.45, 2.75) is 19.4 Å². The van der Waals surface area contributed by atoms with Crippen LogP contribution in [0.2, 0.25) is 0 Å². The highest BCUT2D eigenvalue weighted by Gasteiger charge is 2.18. The zero-order valence-corrected chi connectivity index (χ0v) is 10.4. The smallest absolute Gasteiger partial charge is 0.224 e. The molecule has 0 spiro atoms. The lowest BCUT2D eigenvalue weighted by molar-refractivity contribution is -0.129. The van der Waals surface area contributed by atoms with Crippen LogP contribution in [0.5, 0.6) is 0 Å². The fourth-order valence-corrected chi connectivity index (χ4v) is 2.56. The van der Waals surface area contributed by atoms with Crippen LogP contribution in [0.3, 0.4) is 0 Å². The number of carbonyl (C=O) groups is 1. The van der Waals surface area contributed by atoms with Crippen molar-refractivity contribution in [3.63, 3.8) is 0 Å². The van der Waals surface area contributed by atoms with Crippen molar-refractivity contribution in [3.05, 3.63) is 12.2 Å². The molecular formula is C11H20N2OS. The number of carbonyl (C=O) groups excluding carboxylic acids is 1. The van der Waals surface area contributed by atoms with Crippen LogP contribution in [0.4, 0.5) is 0 Å². The summed E-state index contributed by atoms with van der Waals surface area (Å²) in [6.45, 7) is 7.44. The Bertz CT molecular complexity index is 237. The van der Waals surface area contributed by atoms with Crippen LogP contribution in [0.25, 0.3) is 0 Å². The minimum Gasteiger partial charge on any atom is -0.342 e. The Hall–Kier alpha value is -0.480. The molecule has 86 valence electrons. The van der Waals surface area contributed by atoms with Gasteiger partial charge in [-0.15, -0.1) is 0 Å². The molecule has 1 unspecified atom stereocenters. The van der Waals surface area contributed by atoms with E-state index in [1.807, 2.05) is 25.7 Å². The summed E-state index contributed by atoms with van der Waals surface area (Å²) in [5, 5.41) is 3.37. The van der Waals surface area contributed by atoms with Crippen LogP contribution in [-0.4, -0.2) is 48.5 Å². The predicted molar refractivity (Wildman–Crippen MR) is 66.2 cm³/mol. The molecule has 0 saturated carbocycles. The maximum atomic E-state index is 11.8. The Kier molecular flexibility index (Phi) is 5.19. The van der Waals surface area contributed by atoms with Gasteiger partial charge in [-0.1, -0.05) is 12.2 Å².